The molecule has 0 aromatic heterocycles. The Morgan fingerprint density at radius 3 is 0.972 bits per heavy atom. The largest absolute Gasteiger partial charge is 0.329 e. The van der Waals surface area contributed by atoms with Crippen molar-refractivity contribution in [1.29, 1.82) is 0 Å². The Kier molecular flexibility index (Phi) is 10.7. The van der Waals surface area contributed by atoms with E-state index in [4.69, 9.17) is 0 Å². The van der Waals surface area contributed by atoms with Crippen LogP contribution in [0, 0.1) is 0 Å². The van der Waals surface area contributed by atoms with Crippen LogP contribution in [-0.2, 0) is 0 Å². The van der Waals surface area contributed by atoms with E-state index in [1.165, 1.54) is 54.2 Å². The summed E-state index contributed by atoms with van der Waals surface area (Å²) in [5.74, 6) is 0. The van der Waals surface area contributed by atoms with Crippen molar-refractivity contribution < 1.29 is 4.79 Å². The van der Waals surface area contributed by atoms with Gasteiger partial charge in [0.05, 0.1) is 0 Å². The number of hydrogen-bond acceptors (Lipinski definition) is 3. The molecule has 12 aromatic carbocycles. The molecule has 72 heavy (non-hydrogen) atoms. The molecule has 1 saturated heterocycles. The Morgan fingerprint density at radius 2 is 0.569 bits per heavy atom. The van der Waals surface area contributed by atoms with Gasteiger partial charge >= 0.3 is 6.03 Å². The van der Waals surface area contributed by atoms with Crippen LogP contribution in [0.2, 0.25) is 0 Å². The van der Waals surface area contributed by atoms with Gasteiger partial charge in [0, 0.05) is 58.6 Å². The SMILES string of the molecule is O=C1N(c2ccc(N(c3ccc(-c4ccccc4)cc3)c3ccc4c(ccc5ccccc54)c3)cc2)CCN1c1ccc(N(c2ccc(-c3ccccc3)cc2)c2ccc3c(ccc4ccccc43)c2)cc1. The second kappa shape index (κ2) is 18.1. The van der Waals surface area contributed by atoms with E-state index in [-0.39, 0.29) is 6.03 Å². The molecule has 0 radical (unpaired) electrons. The molecular weight excluding hydrogens is 877 g/mol. The lowest BCUT2D eigenvalue weighted by atomic mass is 10.0. The lowest BCUT2D eigenvalue weighted by molar-refractivity contribution is 0.256. The van der Waals surface area contributed by atoms with Crippen molar-refractivity contribution in [3.63, 3.8) is 0 Å². The molecule has 1 fully saturated rings. The van der Waals surface area contributed by atoms with E-state index in [0.717, 1.165) is 56.6 Å². The Morgan fingerprint density at radius 1 is 0.264 bits per heavy atom. The molecule has 1 aliphatic heterocycles. The molecule has 0 atom stereocenters. The van der Waals surface area contributed by atoms with Gasteiger partial charge in [-0.05, 0) is 162 Å². The van der Waals surface area contributed by atoms with E-state index in [1.807, 2.05) is 21.9 Å². The maximum atomic E-state index is 14.4. The fraction of sp³-hybridized carbons (Fsp3) is 0.0299. The van der Waals surface area contributed by atoms with Crippen LogP contribution in [0.1, 0.15) is 0 Å². The number of rotatable bonds is 10. The van der Waals surface area contributed by atoms with Crippen LogP contribution in [0.4, 0.5) is 50.3 Å². The molecule has 0 unspecified atom stereocenters. The fourth-order valence-corrected chi connectivity index (χ4v) is 10.6. The van der Waals surface area contributed by atoms with E-state index < -0.39 is 0 Å². The van der Waals surface area contributed by atoms with Crippen molar-refractivity contribution in [2.45, 2.75) is 0 Å². The van der Waals surface area contributed by atoms with Crippen LogP contribution < -0.4 is 19.6 Å². The number of anilines is 8. The van der Waals surface area contributed by atoms with E-state index in [9.17, 15) is 4.79 Å². The zero-order valence-electron chi connectivity index (χ0n) is 39.5. The number of benzene rings is 12. The quantitative estimate of drug-likeness (QED) is 0.128. The molecule has 1 aliphatic rings. The highest BCUT2D eigenvalue weighted by molar-refractivity contribution is 6.10. The number of nitrogens with zero attached hydrogens (tertiary/aromatic N) is 4. The van der Waals surface area contributed by atoms with Gasteiger partial charge in [-0.3, -0.25) is 9.80 Å². The van der Waals surface area contributed by atoms with Gasteiger partial charge in [-0.1, -0.05) is 170 Å². The predicted octanol–water partition coefficient (Wildman–Crippen LogP) is 18.0. The first-order chi connectivity index (χ1) is 35.6. The zero-order chi connectivity index (χ0) is 48.0. The maximum Gasteiger partial charge on any atom is 0.329 e. The normalized spacial score (nSPS) is 12.6. The highest BCUT2D eigenvalue weighted by Crippen LogP contribution is 2.42. The zero-order valence-corrected chi connectivity index (χ0v) is 39.5. The third-order valence-corrected chi connectivity index (χ3v) is 14.3. The summed E-state index contributed by atoms with van der Waals surface area (Å²) in [4.78, 5) is 22.8. The summed E-state index contributed by atoms with van der Waals surface area (Å²) in [6, 6.07) is 94.7. The minimum atomic E-state index is -0.0410. The average molecular weight is 925 g/mol. The van der Waals surface area contributed by atoms with Gasteiger partial charge in [-0.2, -0.15) is 0 Å². The number of amides is 2. The van der Waals surface area contributed by atoms with E-state index in [0.29, 0.717) is 13.1 Å². The smallest absolute Gasteiger partial charge is 0.310 e. The Balaban J connectivity index is 0.793. The third kappa shape index (κ3) is 7.83. The van der Waals surface area contributed by atoms with Crippen molar-refractivity contribution in [3.8, 4) is 22.3 Å². The topological polar surface area (TPSA) is 30.0 Å². The molecule has 342 valence electrons. The second-order valence-electron chi connectivity index (χ2n) is 18.5. The molecule has 13 rings (SSSR count). The molecule has 1 heterocycles. The number of carbonyl (C=O) groups is 1. The summed E-state index contributed by atoms with van der Waals surface area (Å²) < 4.78 is 0. The minimum absolute atomic E-state index is 0.0410. The summed E-state index contributed by atoms with van der Waals surface area (Å²) in [7, 11) is 0. The lowest BCUT2D eigenvalue weighted by Gasteiger charge is -2.27. The highest BCUT2D eigenvalue weighted by Gasteiger charge is 2.31. The van der Waals surface area contributed by atoms with Gasteiger partial charge in [-0.15, -0.1) is 0 Å². The summed E-state index contributed by atoms with van der Waals surface area (Å²) in [5, 5.41) is 9.75. The summed E-state index contributed by atoms with van der Waals surface area (Å²) in [6.07, 6.45) is 0. The van der Waals surface area contributed by atoms with Crippen molar-refractivity contribution in [2.75, 3.05) is 32.7 Å². The molecule has 2 amide bonds. The predicted molar refractivity (Wildman–Crippen MR) is 303 cm³/mol. The summed E-state index contributed by atoms with van der Waals surface area (Å²) >= 11 is 0. The van der Waals surface area contributed by atoms with Crippen molar-refractivity contribution >= 4 is 94.6 Å². The van der Waals surface area contributed by atoms with Crippen LogP contribution in [0.3, 0.4) is 0 Å². The van der Waals surface area contributed by atoms with Crippen LogP contribution >= 0.6 is 0 Å². The van der Waals surface area contributed by atoms with Gasteiger partial charge in [0.2, 0.25) is 0 Å². The molecule has 0 N–H and O–H groups in total. The molecule has 0 bridgehead atoms. The molecule has 0 spiro atoms. The standard InChI is InChI=1S/C67H48N4O/c72-67-68(55-31-35-59(36-32-55)70(57-27-23-49(24-28-57)47-11-3-1-4-12-47)61-39-41-65-53(45-61)21-19-51-15-7-9-17-63(51)65)43-44-69(67)56-33-37-60(38-34-56)71(58-29-25-50(26-30-58)48-13-5-2-6-14-48)62-40-42-66-54(46-62)22-20-52-16-8-10-18-64(52)66/h1-42,45-46H,43-44H2. The Bertz CT molecular complexity index is 3670. The first-order valence-corrected chi connectivity index (χ1v) is 24.6. The van der Waals surface area contributed by atoms with Crippen LogP contribution in [0.15, 0.2) is 267 Å². The second-order valence-corrected chi connectivity index (χ2v) is 18.5. The summed E-state index contributed by atoms with van der Waals surface area (Å²) in [6.45, 7) is 1.16. The highest BCUT2D eigenvalue weighted by atomic mass is 16.2. The fourth-order valence-electron chi connectivity index (χ4n) is 10.6. The van der Waals surface area contributed by atoms with Gasteiger partial charge < -0.3 is 9.80 Å². The first kappa shape index (κ1) is 42.6. The molecule has 5 heteroatoms. The van der Waals surface area contributed by atoms with Crippen LogP contribution in [-0.4, -0.2) is 19.1 Å². The van der Waals surface area contributed by atoms with Gasteiger partial charge in [0.1, 0.15) is 0 Å². The van der Waals surface area contributed by atoms with Crippen molar-refractivity contribution in [2.24, 2.45) is 0 Å². The van der Waals surface area contributed by atoms with Crippen LogP contribution in [0.25, 0.3) is 65.3 Å². The van der Waals surface area contributed by atoms with Gasteiger partial charge in [-0.25, -0.2) is 4.79 Å². The van der Waals surface area contributed by atoms with Crippen molar-refractivity contribution in [3.05, 3.63) is 267 Å². The average Bonchev–Trinajstić information content (AvgIpc) is 3.84. The molecule has 5 nitrogen and oxygen atoms in total. The molecule has 0 saturated carbocycles. The van der Waals surface area contributed by atoms with E-state index in [1.54, 1.807) is 0 Å². The van der Waals surface area contributed by atoms with Crippen molar-refractivity contribution in [1.82, 2.24) is 0 Å². The van der Waals surface area contributed by atoms with E-state index in [2.05, 4.69) is 265 Å². The number of carbonyl (C=O) groups excluding carboxylic acids is 1. The molecular formula is C67H48N4O. The monoisotopic (exact) mass is 924 g/mol. The first-order valence-electron chi connectivity index (χ1n) is 24.6. The number of urea groups is 1. The Hall–Kier alpha value is -9.45. The van der Waals surface area contributed by atoms with Gasteiger partial charge in [0.25, 0.3) is 0 Å². The minimum Gasteiger partial charge on any atom is -0.310 e. The van der Waals surface area contributed by atoms with E-state index >= 15 is 0 Å². The maximum absolute atomic E-state index is 14.4. The number of hydrogen-bond donors (Lipinski definition) is 0. The molecule has 12 aromatic rings. The third-order valence-electron chi connectivity index (χ3n) is 14.3. The lowest BCUT2D eigenvalue weighted by Crippen LogP contribution is -2.31. The number of fused-ring (bicyclic) bond motifs is 6. The van der Waals surface area contributed by atoms with Gasteiger partial charge in [0.15, 0.2) is 0 Å². The summed E-state index contributed by atoms with van der Waals surface area (Å²) in [5.41, 5.74) is 12.6. The Labute approximate surface area is 419 Å². The van der Waals surface area contributed by atoms with Crippen LogP contribution in [0.5, 0.6) is 0 Å². The molecule has 0 aliphatic carbocycles.